The Kier molecular flexibility index (Phi) is 2.08. The fourth-order valence-corrected chi connectivity index (χ4v) is 2.16. The molecule has 1 aromatic rings. The molecular formula is C13H12N2O3. The van der Waals surface area contributed by atoms with Crippen molar-refractivity contribution in [3.63, 3.8) is 0 Å². The van der Waals surface area contributed by atoms with Crippen LogP contribution in [-0.4, -0.2) is 23.3 Å². The van der Waals surface area contributed by atoms with Crippen LogP contribution in [0.25, 0.3) is 0 Å². The van der Waals surface area contributed by atoms with Crippen molar-refractivity contribution in [3.05, 3.63) is 29.8 Å². The molecule has 3 rings (SSSR count). The second-order valence-electron chi connectivity index (χ2n) is 4.76. The fraction of sp³-hybridized carbons (Fsp3) is 0.308. The number of amides is 3. The van der Waals surface area contributed by atoms with Gasteiger partial charge in [0.2, 0.25) is 0 Å². The van der Waals surface area contributed by atoms with Gasteiger partial charge in [0, 0.05) is 5.56 Å². The summed E-state index contributed by atoms with van der Waals surface area (Å²) in [6.07, 6.45) is 1.42. The molecule has 1 saturated carbocycles. The number of Topliss-reactive ketones (excluding diaryl/α,β-unsaturated/α-hetero) is 1. The smallest absolute Gasteiger partial charge is 0.323 e. The van der Waals surface area contributed by atoms with E-state index in [1.165, 1.54) is 6.92 Å². The first-order valence-corrected chi connectivity index (χ1v) is 5.81. The highest BCUT2D eigenvalue weighted by atomic mass is 16.2. The predicted molar refractivity (Wildman–Crippen MR) is 64.4 cm³/mol. The van der Waals surface area contributed by atoms with Crippen molar-refractivity contribution < 1.29 is 14.4 Å². The maximum Gasteiger partial charge on any atom is 0.329 e. The van der Waals surface area contributed by atoms with Gasteiger partial charge >= 0.3 is 6.03 Å². The van der Waals surface area contributed by atoms with E-state index in [1.54, 1.807) is 24.3 Å². The molecule has 18 heavy (non-hydrogen) atoms. The zero-order chi connectivity index (χ0) is 12.9. The average molecular weight is 244 g/mol. The second kappa shape index (κ2) is 3.41. The summed E-state index contributed by atoms with van der Waals surface area (Å²) in [6, 6.07) is 6.10. The van der Waals surface area contributed by atoms with Gasteiger partial charge in [0.25, 0.3) is 5.91 Å². The summed E-state index contributed by atoms with van der Waals surface area (Å²) in [5.74, 6) is -0.236. The Morgan fingerprint density at radius 1 is 1.22 bits per heavy atom. The van der Waals surface area contributed by atoms with Gasteiger partial charge in [-0.2, -0.15) is 0 Å². The van der Waals surface area contributed by atoms with Crippen molar-refractivity contribution in [2.24, 2.45) is 0 Å². The van der Waals surface area contributed by atoms with E-state index in [1.807, 2.05) is 0 Å². The van der Waals surface area contributed by atoms with Gasteiger partial charge in [-0.25, -0.2) is 9.69 Å². The normalized spacial score (nSPS) is 20.2. The first-order chi connectivity index (χ1) is 8.53. The van der Waals surface area contributed by atoms with Gasteiger partial charge in [0.15, 0.2) is 5.78 Å². The van der Waals surface area contributed by atoms with Gasteiger partial charge < -0.3 is 5.32 Å². The van der Waals surface area contributed by atoms with Gasteiger partial charge in [-0.1, -0.05) is 0 Å². The molecule has 1 aliphatic carbocycles. The van der Waals surface area contributed by atoms with Gasteiger partial charge in [0.05, 0.1) is 5.69 Å². The minimum atomic E-state index is -0.643. The van der Waals surface area contributed by atoms with E-state index < -0.39 is 5.54 Å². The molecule has 1 spiro atoms. The monoisotopic (exact) mass is 244 g/mol. The number of hydrogen-bond donors (Lipinski definition) is 1. The summed E-state index contributed by atoms with van der Waals surface area (Å²) in [5, 5.41) is 2.71. The third kappa shape index (κ3) is 1.44. The molecule has 1 aromatic carbocycles. The van der Waals surface area contributed by atoms with E-state index >= 15 is 0 Å². The number of hydrogen-bond acceptors (Lipinski definition) is 3. The highest BCUT2D eigenvalue weighted by Gasteiger charge is 2.59. The molecule has 0 aromatic heterocycles. The molecule has 1 heterocycles. The highest BCUT2D eigenvalue weighted by molar-refractivity contribution is 6.24. The van der Waals surface area contributed by atoms with E-state index in [2.05, 4.69) is 5.32 Å². The summed E-state index contributed by atoms with van der Waals surface area (Å²) in [7, 11) is 0. The SMILES string of the molecule is CC(=O)c1ccc(N2C(=O)NC3(CC3)C2=O)cc1. The van der Waals surface area contributed by atoms with Crippen LogP contribution < -0.4 is 10.2 Å². The summed E-state index contributed by atoms with van der Waals surface area (Å²) in [4.78, 5) is 36.2. The van der Waals surface area contributed by atoms with Gasteiger partial charge in [-0.15, -0.1) is 0 Å². The molecule has 5 heteroatoms. The Balaban J connectivity index is 1.93. The van der Waals surface area contributed by atoms with Crippen LogP contribution in [0.5, 0.6) is 0 Å². The quantitative estimate of drug-likeness (QED) is 0.633. The lowest BCUT2D eigenvalue weighted by Crippen LogP contribution is -2.32. The molecule has 2 aliphatic rings. The number of carbonyl (C=O) groups excluding carboxylic acids is 3. The molecule has 0 atom stereocenters. The summed E-state index contributed by atoms with van der Waals surface area (Å²) < 4.78 is 0. The van der Waals surface area contributed by atoms with E-state index in [0.29, 0.717) is 24.1 Å². The van der Waals surface area contributed by atoms with E-state index in [4.69, 9.17) is 0 Å². The number of carbonyl (C=O) groups is 3. The summed E-state index contributed by atoms with van der Waals surface area (Å²) in [5.41, 5.74) is 0.425. The average Bonchev–Trinajstić information content (AvgIpc) is 3.05. The van der Waals surface area contributed by atoms with Crippen LogP contribution >= 0.6 is 0 Å². The van der Waals surface area contributed by atoms with Crippen LogP contribution in [0.1, 0.15) is 30.1 Å². The maximum atomic E-state index is 12.1. The number of benzene rings is 1. The zero-order valence-electron chi connectivity index (χ0n) is 9.90. The molecule has 0 bridgehead atoms. The van der Waals surface area contributed by atoms with Crippen molar-refractivity contribution in [2.45, 2.75) is 25.3 Å². The second-order valence-corrected chi connectivity index (χ2v) is 4.76. The van der Waals surface area contributed by atoms with E-state index in [0.717, 1.165) is 4.90 Å². The van der Waals surface area contributed by atoms with Crippen LogP contribution in [0.4, 0.5) is 10.5 Å². The number of anilines is 1. The van der Waals surface area contributed by atoms with Gasteiger partial charge in [-0.05, 0) is 44.0 Å². The standard InChI is InChI=1S/C13H12N2O3/c1-8(16)9-2-4-10(5-3-9)15-11(17)13(6-7-13)14-12(15)18/h2-5H,6-7H2,1H3,(H,14,18). The first kappa shape index (κ1) is 11.0. The lowest BCUT2D eigenvalue weighted by Gasteiger charge is -2.12. The van der Waals surface area contributed by atoms with Crippen molar-refractivity contribution in [2.75, 3.05) is 4.90 Å². The van der Waals surface area contributed by atoms with Crippen molar-refractivity contribution in [1.82, 2.24) is 5.32 Å². The van der Waals surface area contributed by atoms with Crippen LogP contribution in [0, 0.1) is 0 Å². The molecule has 2 fully saturated rings. The van der Waals surface area contributed by atoms with Crippen LogP contribution in [-0.2, 0) is 4.79 Å². The predicted octanol–water partition coefficient (Wildman–Crippen LogP) is 1.48. The molecule has 1 saturated heterocycles. The topological polar surface area (TPSA) is 66.5 Å². The summed E-state index contributed by atoms with van der Waals surface area (Å²) >= 11 is 0. The third-order valence-corrected chi connectivity index (χ3v) is 3.44. The van der Waals surface area contributed by atoms with Crippen LogP contribution in [0.3, 0.4) is 0 Å². The molecule has 1 N–H and O–H groups in total. The Morgan fingerprint density at radius 3 is 2.28 bits per heavy atom. The Hall–Kier alpha value is -2.17. The largest absolute Gasteiger partial charge is 0.329 e. The van der Waals surface area contributed by atoms with Crippen LogP contribution in [0.15, 0.2) is 24.3 Å². The number of ketones is 1. The van der Waals surface area contributed by atoms with E-state index in [-0.39, 0.29) is 17.7 Å². The minimum absolute atomic E-state index is 0.0441. The molecular weight excluding hydrogens is 232 g/mol. The number of urea groups is 1. The van der Waals surface area contributed by atoms with E-state index in [9.17, 15) is 14.4 Å². The lowest BCUT2D eigenvalue weighted by molar-refractivity contribution is -0.119. The maximum absolute atomic E-state index is 12.1. The lowest BCUT2D eigenvalue weighted by atomic mass is 10.1. The molecule has 5 nitrogen and oxygen atoms in total. The summed E-state index contributed by atoms with van der Waals surface area (Å²) in [6.45, 7) is 1.47. The molecule has 92 valence electrons. The van der Waals surface area contributed by atoms with Gasteiger partial charge in [0.1, 0.15) is 5.54 Å². The Labute approximate surface area is 104 Å². The third-order valence-electron chi connectivity index (χ3n) is 3.44. The first-order valence-electron chi connectivity index (χ1n) is 5.81. The number of rotatable bonds is 2. The number of nitrogens with zero attached hydrogens (tertiary/aromatic N) is 1. The molecule has 3 amide bonds. The Bertz CT molecular complexity index is 558. The van der Waals surface area contributed by atoms with Crippen molar-refractivity contribution in [3.8, 4) is 0 Å². The molecule has 0 radical (unpaired) electrons. The minimum Gasteiger partial charge on any atom is -0.323 e. The number of nitrogens with one attached hydrogen (secondary N) is 1. The highest BCUT2D eigenvalue weighted by Crippen LogP contribution is 2.42. The van der Waals surface area contributed by atoms with Crippen LogP contribution in [0.2, 0.25) is 0 Å². The fourth-order valence-electron chi connectivity index (χ4n) is 2.16. The molecule has 0 unspecified atom stereocenters. The van der Waals surface area contributed by atoms with Crippen molar-refractivity contribution in [1.29, 1.82) is 0 Å². The van der Waals surface area contributed by atoms with Crippen molar-refractivity contribution >= 4 is 23.4 Å². The Morgan fingerprint density at radius 2 is 1.83 bits per heavy atom. The zero-order valence-corrected chi connectivity index (χ0v) is 9.90. The van der Waals surface area contributed by atoms with Gasteiger partial charge in [-0.3, -0.25) is 9.59 Å². The molecule has 1 aliphatic heterocycles. The number of imide groups is 1.